The van der Waals surface area contributed by atoms with E-state index < -0.39 is 0 Å². The van der Waals surface area contributed by atoms with E-state index in [1.807, 2.05) is 29.6 Å². The van der Waals surface area contributed by atoms with Crippen molar-refractivity contribution >= 4 is 33.3 Å². The third-order valence-corrected chi connectivity index (χ3v) is 4.66. The zero-order chi connectivity index (χ0) is 13.1. The maximum Gasteiger partial charge on any atom is 0.271 e. The molecule has 2 heterocycles. The van der Waals surface area contributed by atoms with Crippen LogP contribution in [0.3, 0.4) is 0 Å². The fourth-order valence-electron chi connectivity index (χ4n) is 1.82. The molecule has 0 fully saturated rings. The molecule has 0 bridgehead atoms. The summed E-state index contributed by atoms with van der Waals surface area (Å²) in [5.41, 5.74) is 0.857. The molecule has 0 atom stereocenters. The summed E-state index contributed by atoms with van der Waals surface area (Å²) < 4.78 is 2.43. The first-order valence-electron chi connectivity index (χ1n) is 5.95. The van der Waals surface area contributed by atoms with Crippen LogP contribution in [0.25, 0.3) is 10.2 Å². The Hall–Kier alpha value is -1.59. The van der Waals surface area contributed by atoms with Crippen molar-refractivity contribution in [2.75, 3.05) is 5.75 Å². The van der Waals surface area contributed by atoms with E-state index in [-0.39, 0.29) is 5.56 Å². The lowest BCUT2D eigenvalue weighted by Gasteiger charge is -2.05. The Balaban J connectivity index is 1.72. The summed E-state index contributed by atoms with van der Waals surface area (Å²) in [5, 5.41) is 1.90. The molecule has 0 radical (unpaired) electrons. The van der Waals surface area contributed by atoms with Gasteiger partial charge in [0.25, 0.3) is 5.56 Å². The highest BCUT2D eigenvalue weighted by Gasteiger charge is 2.04. The van der Waals surface area contributed by atoms with E-state index in [9.17, 15) is 4.79 Å². The number of rotatable bonds is 4. The number of thioether (sulfide) groups is 1. The van der Waals surface area contributed by atoms with E-state index in [4.69, 9.17) is 0 Å². The van der Waals surface area contributed by atoms with Crippen LogP contribution >= 0.6 is 23.1 Å². The summed E-state index contributed by atoms with van der Waals surface area (Å²) in [6.45, 7) is 0.680. The predicted molar refractivity (Wildman–Crippen MR) is 81.0 cm³/mol. The summed E-state index contributed by atoms with van der Waals surface area (Å²) in [4.78, 5) is 17.7. The van der Waals surface area contributed by atoms with Gasteiger partial charge < -0.3 is 0 Å². The van der Waals surface area contributed by atoms with Crippen molar-refractivity contribution in [2.45, 2.75) is 11.4 Å². The maximum atomic E-state index is 12.2. The Morgan fingerprint density at radius 1 is 1.21 bits per heavy atom. The van der Waals surface area contributed by atoms with Crippen LogP contribution in [0, 0.1) is 0 Å². The van der Waals surface area contributed by atoms with Gasteiger partial charge in [0.2, 0.25) is 0 Å². The van der Waals surface area contributed by atoms with E-state index in [0.717, 1.165) is 16.0 Å². The third-order valence-electron chi connectivity index (χ3n) is 2.78. The smallest absolute Gasteiger partial charge is 0.271 e. The highest BCUT2D eigenvalue weighted by atomic mass is 32.2. The van der Waals surface area contributed by atoms with Gasteiger partial charge in [0.05, 0.1) is 11.8 Å². The number of hydrogen-bond donors (Lipinski definition) is 0. The number of thiophene rings is 1. The molecular formula is C14H12N2OS2. The summed E-state index contributed by atoms with van der Waals surface area (Å²) >= 11 is 3.20. The second kappa shape index (κ2) is 5.59. The molecule has 0 aliphatic carbocycles. The van der Waals surface area contributed by atoms with Crippen LogP contribution < -0.4 is 5.56 Å². The molecule has 0 saturated heterocycles. The normalized spacial score (nSPS) is 10.9. The van der Waals surface area contributed by atoms with Crippen LogP contribution in [0.1, 0.15) is 0 Å². The van der Waals surface area contributed by atoms with Crippen LogP contribution in [0.15, 0.2) is 57.8 Å². The van der Waals surface area contributed by atoms with E-state index in [2.05, 4.69) is 17.1 Å². The van der Waals surface area contributed by atoms with E-state index >= 15 is 0 Å². The van der Waals surface area contributed by atoms with Gasteiger partial charge in [-0.2, -0.15) is 0 Å². The fraction of sp³-hybridized carbons (Fsp3) is 0.143. The molecule has 3 nitrogen and oxygen atoms in total. The van der Waals surface area contributed by atoms with Gasteiger partial charge in [0, 0.05) is 17.2 Å². The SMILES string of the molecule is O=c1c2sccc2ncn1CCSc1ccccc1. The van der Waals surface area contributed by atoms with Crippen molar-refractivity contribution in [3.8, 4) is 0 Å². The number of benzene rings is 1. The monoisotopic (exact) mass is 288 g/mol. The van der Waals surface area contributed by atoms with Crippen LogP contribution in [-0.4, -0.2) is 15.3 Å². The summed E-state index contributed by atoms with van der Waals surface area (Å²) in [7, 11) is 0. The lowest BCUT2D eigenvalue weighted by Crippen LogP contribution is -2.20. The molecule has 0 N–H and O–H groups in total. The van der Waals surface area contributed by atoms with Crippen LogP contribution in [0.4, 0.5) is 0 Å². The molecule has 3 aromatic rings. The number of aryl methyl sites for hydroxylation is 1. The lowest BCUT2D eigenvalue weighted by molar-refractivity contribution is 0.726. The minimum Gasteiger partial charge on any atom is -0.297 e. The molecule has 0 amide bonds. The van der Waals surface area contributed by atoms with Gasteiger partial charge in [0.15, 0.2) is 0 Å². The van der Waals surface area contributed by atoms with Crippen molar-refractivity contribution in [3.63, 3.8) is 0 Å². The topological polar surface area (TPSA) is 34.9 Å². The number of aromatic nitrogens is 2. The molecule has 2 aromatic heterocycles. The van der Waals surface area contributed by atoms with E-state index in [1.165, 1.54) is 16.2 Å². The van der Waals surface area contributed by atoms with Gasteiger partial charge in [0.1, 0.15) is 4.70 Å². The highest BCUT2D eigenvalue weighted by Crippen LogP contribution is 2.17. The molecule has 0 saturated carbocycles. The number of hydrogen-bond acceptors (Lipinski definition) is 4. The van der Waals surface area contributed by atoms with Gasteiger partial charge in [-0.15, -0.1) is 23.1 Å². The lowest BCUT2D eigenvalue weighted by atomic mass is 10.4. The largest absolute Gasteiger partial charge is 0.297 e. The Morgan fingerprint density at radius 3 is 2.89 bits per heavy atom. The molecule has 96 valence electrons. The molecule has 1 aromatic carbocycles. The van der Waals surface area contributed by atoms with E-state index in [0.29, 0.717) is 6.54 Å². The zero-order valence-electron chi connectivity index (χ0n) is 10.2. The maximum absolute atomic E-state index is 12.2. The van der Waals surface area contributed by atoms with Crippen molar-refractivity contribution in [1.29, 1.82) is 0 Å². The third kappa shape index (κ3) is 2.72. The van der Waals surface area contributed by atoms with Gasteiger partial charge in [-0.3, -0.25) is 9.36 Å². The first-order chi connectivity index (χ1) is 9.34. The average molecular weight is 288 g/mol. The van der Waals surface area contributed by atoms with Gasteiger partial charge in [-0.1, -0.05) is 18.2 Å². The zero-order valence-corrected chi connectivity index (χ0v) is 11.8. The standard InChI is InChI=1S/C14H12N2OS2/c17-14-13-12(6-8-19-13)15-10-16(14)7-9-18-11-4-2-1-3-5-11/h1-6,8,10H,7,9H2. The van der Waals surface area contributed by atoms with E-state index in [1.54, 1.807) is 22.7 Å². The van der Waals surface area contributed by atoms with Crippen LogP contribution in [-0.2, 0) is 6.54 Å². The highest BCUT2D eigenvalue weighted by molar-refractivity contribution is 7.99. The Kier molecular flexibility index (Phi) is 3.66. The van der Waals surface area contributed by atoms with Crippen LogP contribution in [0.2, 0.25) is 0 Å². The molecule has 19 heavy (non-hydrogen) atoms. The molecule has 0 aliphatic heterocycles. The Morgan fingerprint density at radius 2 is 2.05 bits per heavy atom. The average Bonchev–Trinajstić information content (AvgIpc) is 2.92. The predicted octanol–water partition coefficient (Wildman–Crippen LogP) is 3.25. The van der Waals surface area contributed by atoms with Gasteiger partial charge in [-0.05, 0) is 23.6 Å². The summed E-state index contributed by atoms with van der Waals surface area (Å²) in [5.74, 6) is 0.864. The van der Waals surface area contributed by atoms with Crippen molar-refractivity contribution < 1.29 is 0 Å². The molecule has 0 unspecified atom stereocenters. The minimum absolute atomic E-state index is 0.0636. The molecule has 3 rings (SSSR count). The molecule has 0 aliphatic rings. The first kappa shape index (κ1) is 12.4. The van der Waals surface area contributed by atoms with Crippen LogP contribution in [0.5, 0.6) is 0 Å². The fourth-order valence-corrected chi connectivity index (χ4v) is 3.48. The van der Waals surface area contributed by atoms with Gasteiger partial charge >= 0.3 is 0 Å². The first-order valence-corrected chi connectivity index (χ1v) is 7.81. The number of fused-ring (bicyclic) bond motifs is 1. The Labute approximate surface area is 118 Å². The summed E-state index contributed by atoms with van der Waals surface area (Å²) in [6, 6.07) is 12.1. The number of nitrogens with zero attached hydrogens (tertiary/aromatic N) is 2. The Bertz CT molecular complexity index is 734. The second-order valence-corrected chi connectivity index (χ2v) is 6.12. The second-order valence-electron chi connectivity index (χ2n) is 4.04. The van der Waals surface area contributed by atoms with Crippen molar-refractivity contribution in [3.05, 3.63) is 58.5 Å². The van der Waals surface area contributed by atoms with Gasteiger partial charge in [-0.25, -0.2) is 4.98 Å². The molecular weight excluding hydrogens is 276 g/mol. The minimum atomic E-state index is 0.0636. The van der Waals surface area contributed by atoms with Crippen molar-refractivity contribution in [1.82, 2.24) is 9.55 Å². The quantitative estimate of drug-likeness (QED) is 0.691. The molecule has 5 heteroatoms. The summed E-state index contributed by atoms with van der Waals surface area (Å²) in [6.07, 6.45) is 1.64. The molecule has 0 spiro atoms. The van der Waals surface area contributed by atoms with Crippen molar-refractivity contribution in [2.24, 2.45) is 0 Å².